The second kappa shape index (κ2) is 14.2. The first-order chi connectivity index (χ1) is 30.1. The number of hydrogen-bond acceptors (Lipinski definition) is 5. The second-order valence-electron chi connectivity index (χ2n) is 17.6. The zero-order valence-electron chi connectivity index (χ0n) is 33.8. The number of nitrogens with zero attached hydrogens (tertiary/aromatic N) is 5. The van der Waals surface area contributed by atoms with Crippen molar-refractivity contribution >= 4 is 17.1 Å². The molecule has 5 aliphatic rings. The summed E-state index contributed by atoms with van der Waals surface area (Å²) in [6.45, 7) is 0. The fourth-order valence-corrected chi connectivity index (χ4v) is 12.0. The minimum Gasteiger partial charge on any atom is -0.310 e. The van der Waals surface area contributed by atoms with Crippen LogP contribution in [0, 0.1) is 35.0 Å². The van der Waals surface area contributed by atoms with Gasteiger partial charge in [0, 0.05) is 27.8 Å². The van der Waals surface area contributed by atoms with E-state index in [1.807, 2.05) is 72.8 Å². The van der Waals surface area contributed by atoms with Crippen LogP contribution < -0.4 is 4.90 Å². The highest BCUT2D eigenvalue weighted by Gasteiger charge is 2.61. The summed E-state index contributed by atoms with van der Waals surface area (Å²) in [5.41, 5.74) is 14.3. The summed E-state index contributed by atoms with van der Waals surface area (Å²) in [7, 11) is 0. The zero-order valence-corrected chi connectivity index (χ0v) is 33.8. The summed E-state index contributed by atoms with van der Waals surface area (Å²) < 4.78 is 0. The minimum atomic E-state index is -0.0196. The van der Waals surface area contributed by atoms with Gasteiger partial charge in [-0.15, -0.1) is 0 Å². The highest BCUT2D eigenvalue weighted by atomic mass is 15.2. The molecule has 2 heterocycles. The Bertz CT molecular complexity index is 2990. The molecule has 0 radical (unpaired) electrons. The first-order valence-electron chi connectivity index (χ1n) is 21.8. The number of aromatic nitrogens is 3. The van der Waals surface area contributed by atoms with Gasteiger partial charge in [0.25, 0.3) is 0 Å². The van der Waals surface area contributed by atoms with Crippen molar-refractivity contribution in [2.24, 2.45) is 23.7 Å². The Morgan fingerprint density at radius 1 is 0.443 bits per heavy atom. The van der Waals surface area contributed by atoms with Gasteiger partial charge in [-0.25, -0.2) is 15.0 Å². The molecular formula is C56H43N5. The minimum absolute atomic E-state index is 0.0196. The lowest BCUT2D eigenvalue weighted by Crippen LogP contribution is -2.57. The van der Waals surface area contributed by atoms with E-state index in [-0.39, 0.29) is 5.41 Å². The molecule has 13 rings (SSSR count). The van der Waals surface area contributed by atoms with Crippen LogP contribution in [0.25, 0.3) is 56.4 Å². The topological polar surface area (TPSA) is 65.7 Å². The van der Waals surface area contributed by atoms with Crippen LogP contribution in [-0.2, 0) is 5.41 Å². The Kier molecular flexibility index (Phi) is 8.35. The lowest BCUT2D eigenvalue weighted by Gasteiger charge is -2.64. The number of nitriles is 1. The van der Waals surface area contributed by atoms with Crippen molar-refractivity contribution in [1.29, 1.82) is 5.26 Å². The third-order valence-corrected chi connectivity index (χ3v) is 14.3. The van der Waals surface area contributed by atoms with Gasteiger partial charge < -0.3 is 4.90 Å². The molecule has 4 fully saturated rings. The molecule has 0 atom stereocenters. The lowest BCUT2D eigenvalue weighted by atomic mass is 9.41. The predicted octanol–water partition coefficient (Wildman–Crippen LogP) is 13.6. The highest BCUT2D eigenvalue weighted by Crippen LogP contribution is 2.69. The smallest absolute Gasteiger partial charge is 0.164 e. The molecular weight excluding hydrogens is 743 g/mol. The van der Waals surface area contributed by atoms with Gasteiger partial charge in [0.15, 0.2) is 17.5 Å². The van der Waals surface area contributed by atoms with Crippen molar-refractivity contribution in [2.45, 2.75) is 37.5 Å². The molecule has 292 valence electrons. The molecule has 4 aliphatic carbocycles. The van der Waals surface area contributed by atoms with Gasteiger partial charge in [0.2, 0.25) is 0 Å². The summed E-state index contributed by atoms with van der Waals surface area (Å²) in [5, 5.41) is 9.88. The fraction of sp³-hybridized carbons (Fsp3) is 0.179. The maximum Gasteiger partial charge on any atom is 0.164 e. The van der Waals surface area contributed by atoms with E-state index in [4.69, 9.17) is 15.0 Å². The Morgan fingerprint density at radius 2 is 0.967 bits per heavy atom. The van der Waals surface area contributed by atoms with Crippen molar-refractivity contribution < 1.29 is 0 Å². The molecule has 4 saturated carbocycles. The summed E-state index contributed by atoms with van der Waals surface area (Å²) >= 11 is 0. The zero-order chi connectivity index (χ0) is 40.5. The number of rotatable bonds is 6. The molecule has 7 aromatic carbocycles. The van der Waals surface area contributed by atoms with Crippen LogP contribution in [-0.4, -0.2) is 15.0 Å². The molecule has 0 amide bonds. The molecule has 5 heteroatoms. The molecule has 1 spiro atoms. The van der Waals surface area contributed by atoms with Gasteiger partial charge in [-0.05, 0) is 138 Å². The Balaban J connectivity index is 1.00. The van der Waals surface area contributed by atoms with E-state index in [1.165, 1.54) is 65.9 Å². The fourth-order valence-electron chi connectivity index (χ4n) is 12.0. The second-order valence-corrected chi connectivity index (χ2v) is 17.6. The van der Waals surface area contributed by atoms with Crippen LogP contribution in [0.2, 0.25) is 0 Å². The first-order valence-corrected chi connectivity index (χ1v) is 21.8. The van der Waals surface area contributed by atoms with E-state index in [0.29, 0.717) is 34.9 Å². The van der Waals surface area contributed by atoms with Gasteiger partial charge in [-0.3, -0.25) is 0 Å². The van der Waals surface area contributed by atoms with Crippen molar-refractivity contribution in [3.05, 3.63) is 193 Å². The van der Waals surface area contributed by atoms with Crippen molar-refractivity contribution in [3.8, 4) is 62.5 Å². The number of benzene rings is 7. The third-order valence-electron chi connectivity index (χ3n) is 14.3. The molecule has 8 aromatic rings. The van der Waals surface area contributed by atoms with Gasteiger partial charge in [0.1, 0.15) is 0 Å². The van der Waals surface area contributed by atoms with E-state index in [0.717, 1.165) is 45.2 Å². The number of fused-ring (bicyclic) bond motifs is 2. The van der Waals surface area contributed by atoms with Crippen LogP contribution in [0.4, 0.5) is 17.1 Å². The first kappa shape index (κ1) is 35.8. The van der Waals surface area contributed by atoms with E-state index >= 15 is 0 Å². The number of anilines is 3. The van der Waals surface area contributed by atoms with Crippen molar-refractivity contribution in [2.75, 3.05) is 4.90 Å². The van der Waals surface area contributed by atoms with Gasteiger partial charge in [0.05, 0.1) is 23.0 Å². The average molecular weight is 786 g/mol. The van der Waals surface area contributed by atoms with Crippen LogP contribution in [0.5, 0.6) is 0 Å². The highest BCUT2D eigenvalue weighted by molar-refractivity contribution is 5.88. The van der Waals surface area contributed by atoms with Crippen LogP contribution in [0.15, 0.2) is 176 Å². The predicted molar refractivity (Wildman–Crippen MR) is 244 cm³/mol. The van der Waals surface area contributed by atoms with Gasteiger partial charge in [-0.2, -0.15) is 5.26 Å². The van der Waals surface area contributed by atoms with Gasteiger partial charge >= 0.3 is 0 Å². The molecule has 0 unspecified atom stereocenters. The molecule has 0 N–H and O–H groups in total. The van der Waals surface area contributed by atoms with Crippen LogP contribution in [0.3, 0.4) is 0 Å². The number of hydrogen-bond donors (Lipinski definition) is 0. The van der Waals surface area contributed by atoms with Gasteiger partial charge in [-0.1, -0.05) is 127 Å². The van der Waals surface area contributed by atoms with E-state index in [2.05, 4.69) is 114 Å². The summed E-state index contributed by atoms with van der Waals surface area (Å²) in [4.78, 5) is 17.9. The molecule has 1 aromatic heterocycles. The SMILES string of the molecule is N#Cc1ccccc1-c1cccc(-c2nc(-c3ccccc3)nc(-c3cccc(-c4ccc5c(c4)C4(c6ccccc6N5c5ccccc5)C5CC6CC(C5)CC4C6)c3)n2)c1. The Labute approximate surface area is 357 Å². The maximum absolute atomic E-state index is 9.88. The van der Waals surface area contributed by atoms with E-state index in [1.54, 1.807) is 0 Å². The Hall–Kier alpha value is -7.16. The molecule has 4 bridgehead atoms. The maximum atomic E-state index is 9.88. The third kappa shape index (κ3) is 5.77. The summed E-state index contributed by atoms with van der Waals surface area (Å²) in [5.74, 6) is 4.81. The van der Waals surface area contributed by atoms with Crippen molar-refractivity contribution in [1.82, 2.24) is 15.0 Å². The monoisotopic (exact) mass is 785 g/mol. The van der Waals surface area contributed by atoms with Crippen molar-refractivity contribution in [3.63, 3.8) is 0 Å². The molecule has 61 heavy (non-hydrogen) atoms. The normalized spacial score (nSPS) is 21.8. The number of para-hydroxylation sites is 2. The Morgan fingerprint density at radius 3 is 1.67 bits per heavy atom. The molecule has 5 nitrogen and oxygen atoms in total. The molecule has 0 saturated heterocycles. The quantitative estimate of drug-likeness (QED) is 0.168. The van der Waals surface area contributed by atoms with Crippen LogP contribution >= 0.6 is 0 Å². The standard InChI is InChI=1S/C56H43N5/c57-35-44-15-7-8-22-48(44)41-17-12-19-43(33-41)55-59-53(38-13-3-1-4-14-38)58-54(60-55)42-18-11-16-39(32-42)40-25-26-52-50(34-40)56(45-28-36-27-37(30-45)31-46(56)29-36)49-23-9-10-24-51(49)61(52)47-20-5-2-6-21-47/h1-26,32-34,36-37,45-46H,27-31H2. The lowest BCUT2D eigenvalue weighted by molar-refractivity contribution is -0.0419. The largest absolute Gasteiger partial charge is 0.310 e. The summed E-state index contributed by atoms with van der Waals surface area (Å²) in [6.07, 6.45) is 6.72. The van der Waals surface area contributed by atoms with E-state index in [9.17, 15) is 5.26 Å². The summed E-state index contributed by atoms with van der Waals surface area (Å²) in [6, 6.07) is 64.6. The average Bonchev–Trinajstić information content (AvgIpc) is 3.33. The molecule has 1 aliphatic heterocycles. The van der Waals surface area contributed by atoms with Crippen LogP contribution in [0.1, 0.15) is 48.8 Å². The van der Waals surface area contributed by atoms with E-state index < -0.39 is 0 Å².